The van der Waals surface area contributed by atoms with E-state index in [9.17, 15) is 4.79 Å². The molecular weight excluding hydrogens is 262 g/mol. The molecule has 1 aromatic heterocycles. The van der Waals surface area contributed by atoms with Crippen molar-refractivity contribution in [3.63, 3.8) is 0 Å². The lowest BCUT2D eigenvalue weighted by Gasteiger charge is -2.15. The van der Waals surface area contributed by atoms with Gasteiger partial charge >= 0.3 is 0 Å². The van der Waals surface area contributed by atoms with E-state index in [0.29, 0.717) is 5.56 Å². The summed E-state index contributed by atoms with van der Waals surface area (Å²) in [5.74, 6) is -0.274. The number of rotatable bonds is 6. The molecule has 0 spiro atoms. The first-order valence-corrected chi connectivity index (χ1v) is 5.98. The smallest absolute Gasteiger partial charge is 0.251 e. The predicted molar refractivity (Wildman–Crippen MR) is 69.4 cm³/mol. The van der Waals surface area contributed by atoms with Gasteiger partial charge in [-0.05, 0) is 34.7 Å². The fourth-order valence-electron chi connectivity index (χ4n) is 1.66. The third kappa shape index (κ3) is 3.37. The number of ether oxygens (including phenoxy) is 1. The van der Waals surface area contributed by atoms with E-state index < -0.39 is 6.04 Å². The molecule has 0 aliphatic heterocycles. The fourth-order valence-corrected chi connectivity index (χ4v) is 1.66. The SMILES string of the molecule is COCC(CO)NC(=O)c1ccc(-n2cnnn2)cc1. The average molecular weight is 277 g/mol. The minimum atomic E-state index is -0.424. The zero-order valence-corrected chi connectivity index (χ0v) is 10.9. The van der Waals surface area contributed by atoms with Gasteiger partial charge in [0.25, 0.3) is 5.91 Å². The Bertz CT molecular complexity index is 541. The summed E-state index contributed by atoms with van der Waals surface area (Å²) >= 11 is 0. The topological polar surface area (TPSA) is 102 Å². The zero-order chi connectivity index (χ0) is 14.4. The van der Waals surface area contributed by atoms with E-state index in [-0.39, 0.29) is 19.1 Å². The molecule has 0 fully saturated rings. The number of aliphatic hydroxyl groups excluding tert-OH is 1. The van der Waals surface area contributed by atoms with Crippen molar-refractivity contribution >= 4 is 5.91 Å². The number of nitrogens with one attached hydrogen (secondary N) is 1. The summed E-state index contributed by atoms with van der Waals surface area (Å²) in [5, 5.41) is 22.6. The number of tetrazole rings is 1. The minimum Gasteiger partial charge on any atom is -0.394 e. The van der Waals surface area contributed by atoms with E-state index in [0.717, 1.165) is 5.69 Å². The monoisotopic (exact) mass is 277 g/mol. The second-order valence-corrected chi connectivity index (χ2v) is 4.11. The van der Waals surface area contributed by atoms with Crippen molar-refractivity contribution < 1.29 is 14.6 Å². The molecule has 0 saturated carbocycles. The van der Waals surface area contributed by atoms with Gasteiger partial charge in [-0.25, -0.2) is 4.68 Å². The molecule has 0 radical (unpaired) electrons. The molecule has 1 amide bonds. The van der Waals surface area contributed by atoms with Crippen LogP contribution in [0.5, 0.6) is 0 Å². The van der Waals surface area contributed by atoms with Crippen LogP contribution in [-0.4, -0.2) is 57.6 Å². The van der Waals surface area contributed by atoms with Crippen molar-refractivity contribution in [3.8, 4) is 5.69 Å². The van der Waals surface area contributed by atoms with E-state index in [4.69, 9.17) is 9.84 Å². The van der Waals surface area contributed by atoms with Crippen LogP contribution in [0.3, 0.4) is 0 Å². The highest BCUT2D eigenvalue weighted by molar-refractivity contribution is 5.94. The summed E-state index contributed by atoms with van der Waals surface area (Å²) in [4.78, 5) is 12.0. The second-order valence-electron chi connectivity index (χ2n) is 4.11. The molecule has 0 saturated heterocycles. The van der Waals surface area contributed by atoms with Gasteiger partial charge in [0.05, 0.1) is 24.9 Å². The molecule has 0 bridgehead atoms. The summed E-state index contributed by atoms with van der Waals surface area (Å²) in [5.41, 5.74) is 1.23. The maximum absolute atomic E-state index is 12.0. The standard InChI is InChI=1S/C12H15N5O3/c1-20-7-10(6-18)14-12(19)9-2-4-11(5-3-9)17-8-13-15-16-17/h2-5,8,10,18H,6-7H2,1H3,(H,14,19). The van der Waals surface area contributed by atoms with Crippen LogP contribution in [0.4, 0.5) is 0 Å². The minimum absolute atomic E-state index is 0.178. The number of aliphatic hydroxyl groups is 1. The van der Waals surface area contributed by atoms with Crippen molar-refractivity contribution in [2.75, 3.05) is 20.3 Å². The molecule has 8 nitrogen and oxygen atoms in total. The number of carbonyl (C=O) groups is 1. The largest absolute Gasteiger partial charge is 0.394 e. The van der Waals surface area contributed by atoms with Crippen molar-refractivity contribution in [2.45, 2.75) is 6.04 Å². The third-order valence-electron chi connectivity index (χ3n) is 2.67. The number of hydrogen-bond acceptors (Lipinski definition) is 6. The molecule has 0 aliphatic carbocycles. The molecule has 1 heterocycles. The lowest BCUT2D eigenvalue weighted by molar-refractivity contribution is 0.0839. The number of hydrogen-bond donors (Lipinski definition) is 2. The molecule has 8 heteroatoms. The fraction of sp³-hybridized carbons (Fsp3) is 0.333. The van der Waals surface area contributed by atoms with Crippen molar-refractivity contribution in [3.05, 3.63) is 36.2 Å². The normalized spacial score (nSPS) is 12.1. The van der Waals surface area contributed by atoms with Crippen LogP contribution >= 0.6 is 0 Å². The Morgan fingerprint density at radius 2 is 2.20 bits per heavy atom. The van der Waals surface area contributed by atoms with Crippen LogP contribution in [0.2, 0.25) is 0 Å². The number of amides is 1. The molecule has 2 rings (SSSR count). The van der Waals surface area contributed by atoms with Crippen molar-refractivity contribution in [2.24, 2.45) is 0 Å². The number of nitrogens with zero attached hydrogens (tertiary/aromatic N) is 4. The lowest BCUT2D eigenvalue weighted by atomic mass is 10.2. The Morgan fingerprint density at radius 3 is 2.75 bits per heavy atom. The first-order chi connectivity index (χ1) is 9.74. The van der Waals surface area contributed by atoms with Crippen molar-refractivity contribution in [1.29, 1.82) is 0 Å². The van der Waals surface area contributed by atoms with Gasteiger partial charge in [-0.15, -0.1) is 5.10 Å². The maximum Gasteiger partial charge on any atom is 0.251 e. The number of carbonyl (C=O) groups excluding carboxylic acids is 1. The highest BCUT2D eigenvalue weighted by atomic mass is 16.5. The predicted octanol–water partition coefficient (Wildman–Crippen LogP) is -0.601. The number of aromatic nitrogens is 4. The molecule has 106 valence electrons. The Hall–Kier alpha value is -2.32. The highest BCUT2D eigenvalue weighted by Crippen LogP contribution is 2.07. The zero-order valence-electron chi connectivity index (χ0n) is 10.9. The van der Waals surface area contributed by atoms with Crippen LogP contribution in [0.1, 0.15) is 10.4 Å². The van der Waals surface area contributed by atoms with Crippen LogP contribution < -0.4 is 5.32 Å². The molecule has 20 heavy (non-hydrogen) atoms. The summed E-state index contributed by atoms with van der Waals surface area (Å²) < 4.78 is 6.39. The molecular formula is C12H15N5O3. The number of methoxy groups -OCH3 is 1. The van der Waals surface area contributed by atoms with E-state index in [2.05, 4.69) is 20.8 Å². The van der Waals surface area contributed by atoms with E-state index in [1.165, 1.54) is 18.1 Å². The van der Waals surface area contributed by atoms with Gasteiger partial charge < -0.3 is 15.2 Å². The number of benzene rings is 1. The van der Waals surface area contributed by atoms with Crippen LogP contribution in [0, 0.1) is 0 Å². The van der Waals surface area contributed by atoms with Crippen LogP contribution in [0.25, 0.3) is 5.69 Å². The quantitative estimate of drug-likeness (QED) is 0.731. The second kappa shape index (κ2) is 6.73. The molecule has 0 aliphatic rings. The summed E-state index contributed by atoms with van der Waals surface area (Å²) in [6, 6.07) is 6.36. The Morgan fingerprint density at radius 1 is 1.45 bits per heavy atom. The maximum atomic E-state index is 12.0. The van der Waals surface area contributed by atoms with Gasteiger partial charge in [0.1, 0.15) is 6.33 Å². The van der Waals surface area contributed by atoms with Gasteiger partial charge in [0, 0.05) is 12.7 Å². The first-order valence-electron chi connectivity index (χ1n) is 5.98. The molecule has 2 N–H and O–H groups in total. The Labute approximate surface area is 115 Å². The van der Waals surface area contributed by atoms with Gasteiger partial charge in [-0.1, -0.05) is 0 Å². The molecule has 2 aromatic rings. The molecule has 1 atom stereocenters. The van der Waals surface area contributed by atoms with Crippen LogP contribution in [-0.2, 0) is 4.74 Å². The van der Waals surface area contributed by atoms with Gasteiger partial charge in [-0.2, -0.15) is 0 Å². The van der Waals surface area contributed by atoms with E-state index >= 15 is 0 Å². The van der Waals surface area contributed by atoms with Crippen molar-refractivity contribution in [1.82, 2.24) is 25.5 Å². The average Bonchev–Trinajstić information content (AvgIpc) is 3.01. The summed E-state index contributed by atoms with van der Waals surface area (Å²) in [6.45, 7) is 0.0766. The van der Waals surface area contributed by atoms with Crippen LogP contribution in [0.15, 0.2) is 30.6 Å². The van der Waals surface area contributed by atoms with Gasteiger partial charge in [0.15, 0.2) is 0 Å². The lowest BCUT2D eigenvalue weighted by Crippen LogP contribution is -2.40. The van der Waals surface area contributed by atoms with Gasteiger partial charge in [-0.3, -0.25) is 4.79 Å². The Kier molecular flexibility index (Phi) is 4.75. The Balaban J connectivity index is 2.04. The third-order valence-corrected chi connectivity index (χ3v) is 2.67. The molecule has 1 unspecified atom stereocenters. The van der Waals surface area contributed by atoms with E-state index in [1.54, 1.807) is 24.3 Å². The first kappa shape index (κ1) is 14.1. The van der Waals surface area contributed by atoms with E-state index in [1.807, 2.05) is 0 Å². The summed E-state index contributed by atoms with van der Waals surface area (Å²) in [7, 11) is 1.51. The molecule has 1 aromatic carbocycles. The van der Waals surface area contributed by atoms with Gasteiger partial charge in [0.2, 0.25) is 0 Å². The summed E-state index contributed by atoms with van der Waals surface area (Å²) in [6.07, 6.45) is 1.47. The highest BCUT2D eigenvalue weighted by Gasteiger charge is 2.12.